The fraction of sp³-hybridized carbons (Fsp3) is 1.00. The standard InChI is InChI=1S/C10H18O3S/c1-3-4-14(11)8-6-13-9-7(2)5-12-10(8)9/h7-10H,3-6H2,1-2H3. The smallest absolute Gasteiger partial charge is 0.101 e. The van der Waals surface area contributed by atoms with Crippen LogP contribution in [0.1, 0.15) is 20.3 Å². The summed E-state index contributed by atoms with van der Waals surface area (Å²) < 4.78 is 23.1. The second kappa shape index (κ2) is 4.29. The second-order valence-electron chi connectivity index (χ2n) is 4.20. The van der Waals surface area contributed by atoms with Crippen LogP contribution in [0.4, 0.5) is 0 Å². The van der Waals surface area contributed by atoms with Crippen molar-refractivity contribution in [3.8, 4) is 0 Å². The molecule has 0 aromatic heterocycles. The lowest BCUT2D eigenvalue weighted by Crippen LogP contribution is -2.33. The van der Waals surface area contributed by atoms with Crippen LogP contribution in [-0.4, -0.2) is 40.6 Å². The Morgan fingerprint density at radius 1 is 1.29 bits per heavy atom. The third-order valence-corrected chi connectivity index (χ3v) is 4.89. The first-order valence-electron chi connectivity index (χ1n) is 5.34. The molecule has 0 saturated carbocycles. The first kappa shape index (κ1) is 10.6. The van der Waals surface area contributed by atoms with E-state index in [4.69, 9.17) is 9.47 Å². The van der Waals surface area contributed by atoms with E-state index in [2.05, 4.69) is 13.8 Å². The van der Waals surface area contributed by atoms with Crippen LogP contribution in [0.25, 0.3) is 0 Å². The number of ether oxygens (including phenoxy) is 2. The highest BCUT2D eigenvalue weighted by molar-refractivity contribution is 7.85. The van der Waals surface area contributed by atoms with Crippen molar-refractivity contribution >= 4 is 10.8 Å². The van der Waals surface area contributed by atoms with Gasteiger partial charge in [0.25, 0.3) is 0 Å². The summed E-state index contributed by atoms with van der Waals surface area (Å²) in [6.45, 7) is 5.57. The van der Waals surface area contributed by atoms with Gasteiger partial charge in [-0.1, -0.05) is 13.8 Å². The van der Waals surface area contributed by atoms with Gasteiger partial charge in [0.1, 0.15) is 6.10 Å². The molecule has 0 amide bonds. The van der Waals surface area contributed by atoms with E-state index < -0.39 is 10.8 Å². The molecule has 2 aliphatic heterocycles. The van der Waals surface area contributed by atoms with Crippen molar-refractivity contribution in [3.05, 3.63) is 0 Å². The van der Waals surface area contributed by atoms with Crippen LogP contribution in [0.3, 0.4) is 0 Å². The molecule has 0 radical (unpaired) electrons. The summed E-state index contributed by atoms with van der Waals surface area (Å²) in [5.41, 5.74) is 0. The van der Waals surface area contributed by atoms with Gasteiger partial charge in [0.2, 0.25) is 0 Å². The SMILES string of the molecule is CCCS(=O)C1COC2C(C)COC21. The Labute approximate surface area is 87.6 Å². The molecule has 2 fully saturated rings. The Hall–Kier alpha value is 0.0700. The van der Waals surface area contributed by atoms with Crippen molar-refractivity contribution in [1.29, 1.82) is 0 Å². The minimum Gasteiger partial charge on any atom is -0.374 e. The van der Waals surface area contributed by atoms with Gasteiger partial charge in [-0.05, 0) is 6.42 Å². The normalized spacial score (nSPS) is 43.9. The maximum atomic E-state index is 11.8. The molecule has 0 spiro atoms. The van der Waals surface area contributed by atoms with Gasteiger partial charge in [0.15, 0.2) is 0 Å². The van der Waals surface area contributed by atoms with Crippen LogP contribution in [0.2, 0.25) is 0 Å². The second-order valence-corrected chi connectivity index (χ2v) is 5.97. The lowest BCUT2D eigenvalue weighted by atomic mass is 10.0. The molecule has 2 heterocycles. The van der Waals surface area contributed by atoms with Crippen LogP contribution in [0, 0.1) is 5.92 Å². The van der Waals surface area contributed by atoms with E-state index in [0.717, 1.165) is 18.8 Å². The molecule has 0 aromatic rings. The third-order valence-electron chi connectivity index (χ3n) is 3.00. The van der Waals surface area contributed by atoms with E-state index in [1.54, 1.807) is 0 Å². The Morgan fingerprint density at radius 3 is 2.71 bits per heavy atom. The first-order chi connectivity index (χ1) is 6.74. The number of fused-ring (bicyclic) bond motifs is 1. The molecule has 0 bridgehead atoms. The van der Waals surface area contributed by atoms with E-state index in [0.29, 0.717) is 12.5 Å². The zero-order valence-corrected chi connectivity index (χ0v) is 9.59. The molecule has 2 rings (SSSR count). The molecule has 4 heteroatoms. The maximum absolute atomic E-state index is 11.8. The van der Waals surface area contributed by atoms with Crippen molar-refractivity contribution in [2.24, 2.45) is 5.92 Å². The Balaban J connectivity index is 1.99. The molecular weight excluding hydrogens is 200 g/mol. The molecule has 14 heavy (non-hydrogen) atoms. The first-order valence-corrected chi connectivity index (χ1v) is 6.72. The van der Waals surface area contributed by atoms with E-state index in [1.165, 1.54) is 0 Å². The van der Waals surface area contributed by atoms with Gasteiger partial charge in [-0.2, -0.15) is 0 Å². The maximum Gasteiger partial charge on any atom is 0.101 e. The number of rotatable bonds is 3. The van der Waals surface area contributed by atoms with E-state index >= 15 is 0 Å². The van der Waals surface area contributed by atoms with Crippen LogP contribution in [0.5, 0.6) is 0 Å². The number of hydrogen-bond donors (Lipinski definition) is 0. The molecule has 0 aromatic carbocycles. The molecule has 82 valence electrons. The zero-order valence-electron chi connectivity index (χ0n) is 8.77. The summed E-state index contributed by atoms with van der Waals surface area (Å²) in [5.74, 6) is 1.23. The highest BCUT2D eigenvalue weighted by Crippen LogP contribution is 2.33. The minimum absolute atomic E-state index is 0.0948. The van der Waals surface area contributed by atoms with Crippen LogP contribution in [-0.2, 0) is 20.3 Å². The Morgan fingerprint density at radius 2 is 2.00 bits per heavy atom. The zero-order chi connectivity index (χ0) is 10.1. The minimum atomic E-state index is -0.771. The average Bonchev–Trinajstić information content (AvgIpc) is 2.69. The van der Waals surface area contributed by atoms with E-state index in [1.807, 2.05) is 0 Å². The van der Waals surface area contributed by atoms with Crippen molar-refractivity contribution in [1.82, 2.24) is 0 Å². The summed E-state index contributed by atoms with van der Waals surface area (Å²) in [6.07, 6.45) is 1.26. The molecule has 2 aliphatic rings. The van der Waals surface area contributed by atoms with Crippen LogP contribution < -0.4 is 0 Å². The van der Waals surface area contributed by atoms with Gasteiger partial charge >= 0.3 is 0 Å². The third kappa shape index (κ3) is 1.75. The Kier molecular flexibility index (Phi) is 3.24. The molecule has 3 nitrogen and oxygen atoms in total. The van der Waals surface area contributed by atoms with Gasteiger partial charge < -0.3 is 9.47 Å². The predicted octanol–water partition coefficient (Wildman–Crippen LogP) is 0.947. The number of hydrogen-bond acceptors (Lipinski definition) is 3. The molecule has 2 saturated heterocycles. The largest absolute Gasteiger partial charge is 0.374 e. The predicted molar refractivity (Wildman–Crippen MR) is 55.7 cm³/mol. The lowest BCUT2D eigenvalue weighted by Gasteiger charge is -2.14. The highest BCUT2D eigenvalue weighted by atomic mass is 32.2. The fourth-order valence-electron chi connectivity index (χ4n) is 2.23. The van der Waals surface area contributed by atoms with Gasteiger partial charge in [-0.15, -0.1) is 0 Å². The van der Waals surface area contributed by atoms with Crippen molar-refractivity contribution in [2.45, 2.75) is 37.7 Å². The molecule has 5 atom stereocenters. The topological polar surface area (TPSA) is 35.5 Å². The molecule has 0 aliphatic carbocycles. The van der Waals surface area contributed by atoms with E-state index in [-0.39, 0.29) is 17.5 Å². The monoisotopic (exact) mass is 218 g/mol. The molecular formula is C10H18O3S. The van der Waals surface area contributed by atoms with Gasteiger partial charge in [-0.3, -0.25) is 4.21 Å². The van der Waals surface area contributed by atoms with Gasteiger partial charge in [0, 0.05) is 22.5 Å². The van der Waals surface area contributed by atoms with Crippen LogP contribution >= 0.6 is 0 Å². The van der Waals surface area contributed by atoms with Gasteiger partial charge in [-0.25, -0.2) is 0 Å². The molecule has 5 unspecified atom stereocenters. The van der Waals surface area contributed by atoms with Crippen molar-refractivity contribution < 1.29 is 13.7 Å². The van der Waals surface area contributed by atoms with E-state index in [9.17, 15) is 4.21 Å². The fourth-order valence-corrected chi connectivity index (χ4v) is 3.70. The van der Waals surface area contributed by atoms with Crippen molar-refractivity contribution in [2.75, 3.05) is 19.0 Å². The summed E-state index contributed by atoms with van der Waals surface area (Å²) in [6, 6.07) is 0. The lowest BCUT2D eigenvalue weighted by molar-refractivity contribution is 0.0660. The van der Waals surface area contributed by atoms with Crippen LogP contribution in [0.15, 0.2) is 0 Å². The summed E-state index contributed by atoms with van der Waals surface area (Å²) in [4.78, 5) is 0. The molecule has 0 N–H and O–H groups in total. The Bertz CT molecular complexity index is 231. The summed E-state index contributed by atoms with van der Waals surface area (Å²) in [5, 5.41) is 0.116. The summed E-state index contributed by atoms with van der Waals surface area (Å²) >= 11 is 0. The van der Waals surface area contributed by atoms with Gasteiger partial charge in [0.05, 0.1) is 24.6 Å². The quantitative estimate of drug-likeness (QED) is 0.707. The van der Waals surface area contributed by atoms with Crippen molar-refractivity contribution in [3.63, 3.8) is 0 Å². The summed E-state index contributed by atoms with van der Waals surface area (Å²) in [7, 11) is -0.771. The highest BCUT2D eigenvalue weighted by Gasteiger charge is 2.47. The average molecular weight is 218 g/mol.